The Bertz CT molecular complexity index is 382. The van der Waals surface area contributed by atoms with Gasteiger partial charge in [-0.2, -0.15) is 0 Å². The molecule has 86 valence electrons. The van der Waals surface area contributed by atoms with E-state index in [4.69, 9.17) is 11.2 Å². The van der Waals surface area contributed by atoms with Gasteiger partial charge in [-0.05, 0) is 23.8 Å². The molecule has 0 aliphatic carbocycles. The van der Waals surface area contributed by atoms with Crippen molar-refractivity contribution in [1.29, 1.82) is 0 Å². The Morgan fingerprint density at radius 3 is 2.88 bits per heavy atom. The third-order valence-electron chi connectivity index (χ3n) is 2.04. The molecule has 0 aliphatic rings. The largest absolute Gasteiger partial charge is 0.481 e. The van der Waals surface area contributed by atoms with Gasteiger partial charge >= 0.3 is 0 Å². The van der Waals surface area contributed by atoms with Crippen molar-refractivity contribution in [1.82, 2.24) is 5.32 Å². The molecule has 0 unspecified atom stereocenters. The molecule has 3 heteroatoms. The summed E-state index contributed by atoms with van der Waals surface area (Å²) in [4.78, 5) is 0. The lowest BCUT2D eigenvalue weighted by molar-refractivity contribution is 0.369. The summed E-state index contributed by atoms with van der Waals surface area (Å²) < 4.78 is 6.45. The van der Waals surface area contributed by atoms with Crippen LogP contribution in [0.25, 0.3) is 0 Å². The second-order valence-corrected chi connectivity index (χ2v) is 4.64. The van der Waals surface area contributed by atoms with Crippen molar-refractivity contribution in [3.05, 3.63) is 28.2 Å². The summed E-state index contributed by atoms with van der Waals surface area (Å²) in [5.74, 6) is 3.26. The third-order valence-corrected chi connectivity index (χ3v) is 2.81. The first-order chi connectivity index (χ1) is 7.63. The summed E-state index contributed by atoms with van der Waals surface area (Å²) >= 11 is 3.51. The number of terminal acetylenes is 1. The van der Waals surface area contributed by atoms with Crippen molar-refractivity contribution in [2.75, 3.05) is 6.61 Å². The Hall–Kier alpha value is -0.980. The molecule has 1 aromatic rings. The fourth-order valence-corrected chi connectivity index (χ4v) is 1.60. The molecule has 0 radical (unpaired) electrons. The molecule has 1 N–H and O–H groups in total. The molecule has 0 aliphatic heterocycles. The van der Waals surface area contributed by atoms with E-state index in [0.717, 1.165) is 16.8 Å². The van der Waals surface area contributed by atoms with Crippen molar-refractivity contribution < 1.29 is 4.74 Å². The van der Waals surface area contributed by atoms with Crippen molar-refractivity contribution in [3.8, 4) is 18.1 Å². The molecule has 1 aromatic carbocycles. The molecule has 0 amide bonds. The van der Waals surface area contributed by atoms with Crippen LogP contribution in [0, 0.1) is 12.3 Å². The average Bonchev–Trinajstić information content (AvgIpc) is 2.26. The van der Waals surface area contributed by atoms with Crippen LogP contribution in [0.3, 0.4) is 0 Å². The van der Waals surface area contributed by atoms with E-state index in [1.165, 1.54) is 5.56 Å². The summed E-state index contributed by atoms with van der Waals surface area (Å²) in [5.41, 5.74) is 1.17. The minimum absolute atomic E-state index is 0.304. The quantitative estimate of drug-likeness (QED) is 0.838. The second-order valence-electron chi connectivity index (χ2n) is 3.78. The first kappa shape index (κ1) is 13.1. The molecule has 16 heavy (non-hydrogen) atoms. The maximum absolute atomic E-state index is 5.37. The van der Waals surface area contributed by atoms with Crippen LogP contribution in [-0.2, 0) is 6.54 Å². The minimum atomic E-state index is 0.304. The van der Waals surface area contributed by atoms with Gasteiger partial charge in [0.15, 0.2) is 0 Å². The van der Waals surface area contributed by atoms with Crippen LogP contribution in [0.1, 0.15) is 19.4 Å². The van der Waals surface area contributed by atoms with Crippen molar-refractivity contribution in [3.63, 3.8) is 0 Å². The highest BCUT2D eigenvalue weighted by molar-refractivity contribution is 9.10. The Morgan fingerprint density at radius 1 is 1.50 bits per heavy atom. The van der Waals surface area contributed by atoms with E-state index < -0.39 is 0 Å². The predicted octanol–water partition coefficient (Wildman–Crippen LogP) is 2.96. The van der Waals surface area contributed by atoms with Crippen LogP contribution in [-0.4, -0.2) is 12.6 Å². The van der Waals surface area contributed by atoms with Crippen molar-refractivity contribution in [2.45, 2.75) is 26.4 Å². The van der Waals surface area contributed by atoms with Crippen molar-refractivity contribution in [2.24, 2.45) is 0 Å². The van der Waals surface area contributed by atoms with Crippen molar-refractivity contribution >= 4 is 15.9 Å². The highest BCUT2D eigenvalue weighted by Gasteiger charge is 2.03. The van der Waals surface area contributed by atoms with Crippen LogP contribution in [0.2, 0.25) is 0 Å². The van der Waals surface area contributed by atoms with E-state index in [2.05, 4.69) is 41.0 Å². The Kier molecular flexibility index (Phi) is 5.37. The first-order valence-electron chi connectivity index (χ1n) is 5.21. The molecule has 0 heterocycles. The van der Waals surface area contributed by atoms with Gasteiger partial charge in [-0.1, -0.05) is 35.7 Å². The summed E-state index contributed by atoms with van der Waals surface area (Å²) in [6.45, 7) is 5.35. The predicted molar refractivity (Wildman–Crippen MR) is 70.4 cm³/mol. The zero-order chi connectivity index (χ0) is 12.0. The Morgan fingerprint density at radius 2 is 2.25 bits per heavy atom. The van der Waals surface area contributed by atoms with E-state index >= 15 is 0 Å². The van der Waals surface area contributed by atoms with Gasteiger partial charge in [-0.15, -0.1) is 6.42 Å². The highest BCUT2D eigenvalue weighted by atomic mass is 79.9. The number of hydrogen-bond acceptors (Lipinski definition) is 2. The van der Waals surface area contributed by atoms with Gasteiger partial charge in [-0.25, -0.2) is 0 Å². The number of halogens is 1. The lowest BCUT2D eigenvalue weighted by Crippen LogP contribution is -2.22. The smallest absolute Gasteiger partial charge is 0.148 e. The summed E-state index contributed by atoms with van der Waals surface area (Å²) in [7, 11) is 0. The maximum atomic E-state index is 5.37. The van der Waals surface area contributed by atoms with Gasteiger partial charge in [0.2, 0.25) is 0 Å². The third kappa shape index (κ3) is 4.26. The van der Waals surface area contributed by atoms with E-state index in [0.29, 0.717) is 12.6 Å². The molecule has 0 saturated carbocycles. The summed E-state index contributed by atoms with van der Waals surface area (Å²) in [6, 6.07) is 6.34. The lowest BCUT2D eigenvalue weighted by atomic mass is 10.2. The highest BCUT2D eigenvalue weighted by Crippen LogP contribution is 2.22. The second kappa shape index (κ2) is 6.57. The number of rotatable bonds is 5. The summed E-state index contributed by atoms with van der Waals surface area (Å²) in [6.07, 6.45) is 5.15. The normalized spacial score (nSPS) is 10.2. The Balaban J connectivity index is 2.70. The molecule has 0 aromatic heterocycles. The zero-order valence-corrected chi connectivity index (χ0v) is 11.2. The molecule has 1 rings (SSSR count). The van der Waals surface area contributed by atoms with E-state index in [1.54, 1.807) is 0 Å². The van der Waals surface area contributed by atoms with Gasteiger partial charge in [0, 0.05) is 17.1 Å². The Labute approximate surface area is 106 Å². The van der Waals surface area contributed by atoms with E-state index in [-0.39, 0.29) is 0 Å². The standard InChI is InChI=1S/C13H16BrNO/c1-4-7-16-12-5-6-13(14)11(8-12)9-15-10(2)3/h1,5-6,8,10,15H,7,9H2,2-3H3. The molecule has 0 fully saturated rings. The number of nitrogens with one attached hydrogen (secondary N) is 1. The SMILES string of the molecule is C#CCOc1ccc(Br)c(CNC(C)C)c1. The van der Waals surface area contributed by atoms with E-state index in [1.807, 2.05) is 18.2 Å². The topological polar surface area (TPSA) is 21.3 Å². The van der Waals surface area contributed by atoms with Crippen LogP contribution in [0.15, 0.2) is 22.7 Å². The summed E-state index contributed by atoms with van der Waals surface area (Å²) in [5, 5.41) is 3.36. The van der Waals surface area contributed by atoms with Gasteiger partial charge < -0.3 is 10.1 Å². The first-order valence-corrected chi connectivity index (χ1v) is 6.01. The van der Waals surface area contributed by atoms with Gasteiger partial charge in [0.05, 0.1) is 0 Å². The average molecular weight is 282 g/mol. The fraction of sp³-hybridized carbons (Fsp3) is 0.385. The van der Waals surface area contributed by atoms with Crippen LogP contribution in [0.4, 0.5) is 0 Å². The number of benzene rings is 1. The molecular weight excluding hydrogens is 266 g/mol. The maximum Gasteiger partial charge on any atom is 0.148 e. The van der Waals surface area contributed by atoms with E-state index in [9.17, 15) is 0 Å². The van der Waals surface area contributed by atoms with Gasteiger partial charge in [-0.3, -0.25) is 0 Å². The number of ether oxygens (including phenoxy) is 1. The van der Waals surface area contributed by atoms with Gasteiger partial charge in [0.25, 0.3) is 0 Å². The van der Waals surface area contributed by atoms with Crippen LogP contribution >= 0.6 is 15.9 Å². The fourth-order valence-electron chi connectivity index (χ4n) is 1.22. The molecule has 0 saturated heterocycles. The van der Waals surface area contributed by atoms with Crippen LogP contribution < -0.4 is 10.1 Å². The molecule has 0 spiro atoms. The van der Waals surface area contributed by atoms with Crippen LogP contribution in [0.5, 0.6) is 5.75 Å². The minimum Gasteiger partial charge on any atom is -0.481 e. The molecule has 0 bridgehead atoms. The zero-order valence-electron chi connectivity index (χ0n) is 9.59. The molecular formula is C13H16BrNO. The molecule has 0 atom stereocenters. The number of hydrogen-bond donors (Lipinski definition) is 1. The molecule has 2 nitrogen and oxygen atoms in total. The monoisotopic (exact) mass is 281 g/mol. The lowest BCUT2D eigenvalue weighted by Gasteiger charge is -2.11. The van der Waals surface area contributed by atoms with Gasteiger partial charge in [0.1, 0.15) is 12.4 Å².